The molecule has 3 atom stereocenters. The van der Waals surface area contributed by atoms with E-state index in [1.807, 2.05) is 6.92 Å². The first kappa shape index (κ1) is 13.5. The molecule has 1 heterocycles. The predicted octanol–water partition coefficient (Wildman–Crippen LogP) is 2.51. The average molecular weight is 226 g/mol. The lowest BCUT2D eigenvalue weighted by Crippen LogP contribution is -2.42. The molecule has 3 unspecified atom stereocenters. The molecule has 0 bridgehead atoms. The second-order valence-corrected chi connectivity index (χ2v) is 4.90. The molecular weight excluding hydrogens is 200 g/mol. The first-order valence-corrected chi connectivity index (χ1v) is 6.70. The highest BCUT2D eigenvalue weighted by atomic mass is 16.2. The Balaban J connectivity index is 2.51. The Morgan fingerprint density at radius 2 is 2.06 bits per heavy atom. The van der Waals surface area contributed by atoms with Gasteiger partial charge in [-0.3, -0.25) is 10.1 Å². The molecule has 16 heavy (non-hydrogen) atoms. The van der Waals surface area contributed by atoms with Gasteiger partial charge in [0, 0.05) is 6.04 Å². The number of hydrogen-bond acceptors (Lipinski definition) is 2. The Bertz CT molecular complexity index is 230. The van der Waals surface area contributed by atoms with E-state index in [1.165, 1.54) is 19.3 Å². The van der Waals surface area contributed by atoms with E-state index in [2.05, 4.69) is 31.0 Å². The summed E-state index contributed by atoms with van der Waals surface area (Å²) in [5, 5.41) is 3.35. The van der Waals surface area contributed by atoms with Crippen LogP contribution in [0.4, 0.5) is 0 Å². The molecule has 0 saturated carbocycles. The molecule has 0 aromatic heterocycles. The van der Waals surface area contributed by atoms with Crippen LogP contribution < -0.4 is 5.32 Å². The van der Waals surface area contributed by atoms with Crippen molar-refractivity contribution in [1.82, 2.24) is 10.2 Å². The number of rotatable bonds is 6. The fourth-order valence-electron chi connectivity index (χ4n) is 2.49. The molecule has 1 fully saturated rings. The van der Waals surface area contributed by atoms with Crippen LogP contribution in [0.25, 0.3) is 0 Å². The van der Waals surface area contributed by atoms with E-state index < -0.39 is 0 Å². The minimum atomic E-state index is -0.00132. The molecule has 0 aromatic carbocycles. The molecule has 1 aliphatic heterocycles. The van der Waals surface area contributed by atoms with Gasteiger partial charge >= 0.3 is 0 Å². The molecule has 3 nitrogen and oxygen atoms in total. The van der Waals surface area contributed by atoms with Gasteiger partial charge in [-0.1, -0.05) is 33.1 Å². The van der Waals surface area contributed by atoms with E-state index in [0.717, 1.165) is 12.8 Å². The molecule has 3 heteroatoms. The van der Waals surface area contributed by atoms with Crippen molar-refractivity contribution in [2.24, 2.45) is 0 Å². The van der Waals surface area contributed by atoms with Gasteiger partial charge in [-0.05, 0) is 26.7 Å². The molecule has 1 N–H and O–H groups in total. The Kier molecular flexibility index (Phi) is 5.26. The van der Waals surface area contributed by atoms with Gasteiger partial charge in [-0.25, -0.2) is 0 Å². The van der Waals surface area contributed by atoms with Crippen LogP contribution >= 0.6 is 0 Å². The Hall–Kier alpha value is -0.570. The fraction of sp³-hybridized carbons (Fsp3) is 0.923. The van der Waals surface area contributed by atoms with Gasteiger partial charge in [0.15, 0.2) is 0 Å². The van der Waals surface area contributed by atoms with E-state index in [1.54, 1.807) is 0 Å². The van der Waals surface area contributed by atoms with Gasteiger partial charge in [0.2, 0.25) is 5.91 Å². The standard InChI is InChI=1S/C13H26N2O/c1-5-7-8-9-10(3)15-12(6-2)14-11(4)13(15)16/h10-12,14H,5-9H2,1-4H3. The Morgan fingerprint density at radius 1 is 1.38 bits per heavy atom. The molecule has 1 amide bonds. The van der Waals surface area contributed by atoms with Crippen molar-refractivity contribution in [2.45, 2.75) is 78.0 Å². The van der Waals surface area contributed by atoms with Crippen LogP contribution in [0, 0.1) is 0 Å². The molecule has 0 radical (unpaired) electrons. The van der Waals surface area contributed by atoms with Crippen LogP contribution in [0.3, 0.4) is 0 Å². The lowest BCUT2D eigenvalue weighted by Gasteiger charge is -2.29. The van der Waals surface area contributed by atoms with Crippen molar-refractivity contribution in [3.05, 3.63) is 0 Å². The molecule has 1 aliphatic rings. The van der Waals surface area contributed by atoms with E-state index in [-0.39, 0.29) is 18.1 Å². The van der Waals surface area contributed by atoms with Gasteiger partial charge in [0.1, 0.15) is 0 Å². The summed E-state index contributed by atoms with van der Waals surface area (Å²) in [6, 6.07) is 0.375. The van der Waals surface area contributed by atoms with Crippen molar-refractivity contribution >= 4 is 5.91 Å². The van der Waals surface area contributed by atoms with Gasteiger partial charge in [-0.2, -0.15) is 0 Å². The number of nitrogens with zero attached hydrogens (tertiary/aromatic N) is 1. The van der Waals surface area contributed by atoms with Crippen LogP contribution in [0.2, 0.25) is 0 Å². The van der Waals surface area contributed by atoms with Crippen LogP contribution in [0.5, 0.6) is 0 Å². The Labute approximate surface area is 99.6 Å². The molecular formula is C13H26N2O. The van der Waals surface area contributed by atoms with E-state index in [0.29, 0.717) is 6.04 Å². The monoisotopic (exact) mass is 226 g/mol. The summed E-state index contributed by atoms with van der Waals surface area (Å²) in [5.74, 6) is 0.274. The first-order chi connectivity index (χ1) is 7.61. The van der Waals surface area contributed by atoms with Gasteiger partial charge in [-0.15, -0.1) is 0 Å². The summed E-state index contributed by atoms with van der Waals surface area (Å²) in [4.78, 5) is 14.1. The average Bonchev–Trinajstić information content (AvgIpc) is 2.55. The van der Waals surface area contributed by atoms with Gasteiger partial charge < -0.3 is 4.90 Å². The van der Waals surface area contributed by atoms with Crippen molar-refractivity contribution < 1.29 is 4.79 Å². The number of hydrogen-bond donors (Lipinski definition) is 1. The maximum atomic E-state index is 12.0. The Morgan fingerprint density at radius 3 is 2.62 bits per heavy atom. The summed E-state index contributed by atoms with van der Waals surface area (Å²) < 4.78 is 0. The maximum absolute atomic E-state index is 12.0. The number of amides is 1. The number of carbonyl (C=O) groups excluding carboxylic acids is 1. The zero-order valence-corrected chi connectivity index (χ0v) is 11.1. The zero-order chi connectivity index (χ0) is 12.1. The maximum Gasteiger partial charge on any atom is 0.240 e. The summed E-state index contributed by atoms with van der Waals surface area (Å²) in [6.07, 6.45) is 6.11. The largest absolute Gasteiger partial charge is 0.323 e. The van der Waals surface area contributed by atoms with E-state index in [4.69, 9.17) is 0 Å². The summed E-state index contributed by atoms with van der Waals surface area (Å²) in [6.45, 7) is 8.48. The SMILES string of the molecule is CCCCCC(C)N1C(=O)C(C)NC1CC. The van der Waals surface area contributed by atoms with Crippen LogP contribution in [0.1, 0.15) is 59.8 Å². The summed E-state index contributed by atoms with van der Waals surface area (Å²) in [5.41, 5.74) is 0. The molecule has 0 aliphatic carbocycles. The fourth-order valence-corrected chi connectivity index (χ4v) is 2.49. The lowest BCUT2D eigenvalue weighted by atomic mass is 10.1. The quantitative estimate of drug-likeness (QED) is 0.706. The van der Waals surface area contributed by atoms with Crippen LogP contribution in [-0.2, 0) is 4.79 Å². The molecule has 94 valence electrons. The highest BCUT2D eigenvalue weighted by Crippen LogP contribution is 2.20. The van der Waals surface area contributed by atoms with Gasteiger partial charge in [0.05, 0.1) is 12.2 Å². The van der Waals surface area contributed by atoms with Crippen molar-refractivity contribution in [2.75, 3.05) is 0 Å². The third-order valence-corrected chi connectivity index (χ3v) is 3.49. The third kappa shape index (κ3) is 2.97. The molecule has 1 saturated heterocycles. The van der Waals surface area contributed by atoms with Crippen molar-refractivity contribution in [3.8, 4) is 0 Å². The second-order valence-electron chi connectivity index (χ2n) is 4.90. The summed E-state index contributed by atoms with van der Waals surface area (Å²) in [7, 11) is 0. The minimum Gasteiger partial charge on any atom is -0.323 e. The first-order valence-electron chi connectivity index (χ1n) is 6.70. The molecule has 1 rings (SSSR count). The van der Waals surface area contributed by atoms with Crippen LogP contribution in [0.15, 0.2) is 0 Å². The highest BCUT2D eigenvalue weighted by molar-refractivity contribution is 5.84. The summed E-state index contributed by atoms with van der Waals surface area (Å²) >= 11 is 0. The number of unbranched alkanes of at least 4 members (excludes halogenated alkanes) is 2. The third-order valence-electron chi connectivity index (χ3n) is 3.49. The van der Waals surface area contributed by atoms with E-state index >= 15 is 0 Å². The number of carbonyl (C=O) groups is 1. The van der Waals surface area contributed by atoms with Crippen molar-refractivity contribution in [3.63, 3.8) is 0 Å². The predicted molar refractivity (Wildman–Crippen MR) is 67.1 cm³/mol. The number of nitrogens with one attached hydrogen (secondary N) is 1. The topological polar surface area (TPSA) is 32.3 Å². The van der Waals surface area contributed by atoms with Crippen LogP contribution in [-0.4, -0.2) is 29.1 Å². The molecule has 0 spiro atoms. The van der Waals surface area contributed by atoms with Gasteiger partial charge in [0.25, 0.3) is 0 Å². The highest BCUT2D eigenvalue weighted by Gasteiger charge is 2.37. The van der Waals surface area contributed by atoms with E-state index in [9.17, 15) is 4.79 Å². The molecule has 0 aromatic rings. The zero-order valence-electron chi connectivity index (χ0n) is 11.1. The second kappa shape index (κ2) is 6.24. The smallest absolute Gasteiger partial charge is 0.240 e. The van der Waals surface area contributed by atoms with Crippen molar-refractivity contribution in [1.29, 1.82) is 0 Å². The normalized spacial score (nSPS) is 27.5. The lowest BCUT2D eigenvalue weighted by molar-refractivity contribution is -0.131. The minimum absolute atomic E-state index is 0.00132.